The minimum Gasteiger partial charge on any atom is -0.456 e. The van der Waals surface area contributed by atoms with Gasteiger partial charge in [0.15, 0.2) is 0 Å². The van der Waals surface area contributed by atoms with Crippen LogP contribution in [0.3, 0.4) is 0 Å². The molecule has 0 saturated carbocycles. The van der Waals surface area contributed by atoms with E-state index in [2.05, 4.69) is 79.7 Å². The first-order valence-corrected chi connectivity index (χ1v) is 8.87. The van der Waals surface area contributed by atoms with E-state index >= 15 is 0 Å². The molecule has 0 fully saturated rings. The van der Waals surface area contributed by atoms with Gasteiger partial charge in [0.2, 0.25) is 0 Å². The quantitative estimate of drug-likeness (QED) is 0.332. The Morgan fingerprint density at radius 2 is 1.27 bits per heavy atom. The summed E-state index contributed by atoms with van der Waals surface area (Å²) >= 11 is 0. The van der Waals surface area contributed by atoms with E-state index in [4.69, 9.17) is 4.42 Å². The van der Waals surface area contributed by atoms with Crippen LogP contribution in [0.25, 0.3) is 44.2 Å². The van der Waals surface area contributed by atoms with Crippen LogP contribution in [0.5, 0.6) is 0 Å². The smallest absolute Gasteiger partial charge is 0.136 e. The number of furan rings is 1. The molecule has 1 heterocycles. The Morgan fingerprint density at radius 3 is 2.12 bits per heavy atom. The van der Waals surface area contributed by atoms with Gasteiger partial charge in [0, 0.05) is 10.8 Å². The number of para-hydroxylation sites is 1. The monoisotopic (exact) mass is 334 g/mol. The summed E-state index contributed by atoms with van der Waals surface area (Å²) in [5.41, 5.74) is 8.07. The van der Waals surface area contributed by atoms with Crippen LogP contribution >= 0.6 is 0 Å². The van der Waals surface area contributed by atoms with Crippen molar-refractivity contribution in [2.75, 3.05) is 0 Å². The van der Waals surface area contributed by atoms with Crippen molar-refractivity contribution < 1.29 is 4.42 Å². The zero-order valence-electron chi connectivity index (χ0n) is 14.6. The molecule has 1 nitrogen and oxygen atoms in total. The fourth-order valence-electron chi connectivity index (χ4n) is 3.69. The minimum absolute atomic E-state index is 0.940. The average molecular weight is 334 g/mol. The summed E-state index contributed by atoms with van der Waals surface area (Å²) in [6.45, 7) is 2.17. The van der Waals surface area contributed by atoms with Crippen LogP contribution in [0.1, 0.15) is 5.56 Å². The Bertz CT molecular complexity index is 1230. The fraction of sp³-hybridized carbons (Fsp3) is 0.0400. The number of fused-ring (bicyclic) bond motifs is 3. The number of hydrogen-bond acceptors (Lipinski definition) is 1. The van der Waals surface area contributed by atoms with Crippen molar-refractivity contribution in [3.63, 3.8) is 0 Å². The molecule has 4 aromatic carbocycles. The second-order valence-corrected chi connectivity index (χ2v) is 6.70. The molecule has 0 N–H and O–H groups in total. The molecule has 124 valence electrons. The zero-order chi connectivity index (χ0) is 17.5. The van der Waals surface area contributed by atoms with Crippen molar-refractivity contribution in [3.05, 3.63) is 96.6 Å². The van der Waals surface area contributed by atoms with Gasteiger partial charge in [-0.25, -0.2) is 0 Å². The third kappa shape index (κ3) is 2.41. The van der Waals surface area contributed by atoms with E-state index in [9.17, 15) is 0 Å². The van der Waals surface area contributed by atoms with E-state index in [0.717, 1.165) is 11.2 Å². The average Bonchev–Trinajstić information content (AvgIpc) is 3.06. The fourth-order valence-corrected chi connectivity index (χ4v) is 3.69. The van der Waals surface area contributed by atoms with Gasteiger partial charge in [-0.15, -0.1) is 0 Å². The molecule has 0 atom stereocenters. The third-order valence-corrected chi connectivity index (χ3v) is 5.02. The lowest BCUT2D eigenvalue weighted by Gasteiger charge is -2.09. The lowest BCUT2D eigenvalue weighted by molar-refractivity contribution is 0.669. The predicted octanol–water partition coefficient (Wildman–Crippen LogP) is 7.23. The Morgan fingerprint density at radius 1 is 0.538 bits per heavy atom. The first-order valence-electron chi connectivity index (χ1n) is 8.87. The lowest BCUT2D eigenvalue weighted by Crippen LogP contribution is -1.85. The molecular formula is C25H18O. The molecule has 0 saturated heterocycles. The van der Waals surface area contributed by atoms with Crippen LogP contribution in [0.2, 0.25) is 0 Å². The van der Waals surface area contributed by atoms with E-state index in [1.54, 1.807) is 0 Å². The normalized spacial score (nSPS) is 11.3. The number of rotatable bonds is 2. The lowest BCUT2D eigenvalue weighted by atomic mass is 9.95. The third-order valence-electron chi connectivity index (χ3n) is 5.02. The Hall–Kier alpha value is -3.32. The summed E-state index contributed by atoms with van der Waals surface area (Å²) in [5.74, 6) is 0. The molecule has 5 rings (SSSR count). The van der Waals surface area contributed by atoms with Crippen molar-refractivity contribution in [1.29, 1.82) is 0 Å². The van der Waals surface area contributed by atoms with E-state index in [-0.39, 0.29) is 0 Å². The van der Waals surface area contributed by atoms with E-state index < -0.39 is 0 Å². The molecule has 0 unspecified atom stereocenters. The summed E-state index contributed by atoms with van der Waals surface area (Å²) in [5, 5.41) is 2.34. The summed E-state index contributed by atoms with van der Waals surface area (Å²) < 4.78 is 6.05. The van der Waals surface area contributed by atoms with E-state index in [1.165, 1.54) is 38.6 Å². The zero-order valence-corrected chi connectivity index (χ0v) is 14.6. The highest BCUT2D eigenvalue weighted by molar-refractivity contribution is 6.05. The van der Waals surface area contributed by atoms with E-state index in [0.29, 0.717) is 0 Å². The van der Waals surface area contributed by atoms with Gasteiger partial charge >= 0.3 is 0 Å². The standard InChI is InChI=1S/C25H18O/c1-17-15-19(18-7-3-2-4-8-18)11-13-21(17)20-12-14-23-22-9-5-6-10-24(22)26-25(23)16-20/h2-16H,1H3. The van der Waals surface area contributed by atoms with Crippen molar-refractivity contribution in [3.8, 4) is 22.3 Å². The van der Waals surface area contributed by atoms with E-state index in [1.807, 2.05) is 18.2 Å². The van der Waals surface area contributed by atoms with Crippen molar-refractivity contribution in [1.82, 2.24) is 0 Å². The Kier molecular flexibility index (Phi) is 3.39. The minimum atomic E-state index is 0.940. The van der Waals surface area contributed by atoms with Gasteiger partial charge in [-0.3, -0.25) is 0 Å². The van der Waals surface area contributed by atoms with Gasteiger partial charge < -0.3 is 4.42 Å². The van der Waals surface area contributed by atoms with Crippen LogP contribution in [0.4, 0.5) is 0 Å². The van der Waals surface area contributed by atoms with Crippen LogP contribution in [0, 0.1) is 6.92 Å². The highest BCUT2D eigenvalue weighted by Gasteiger charge is 2.09. The molecule has 26 heavy (non-hydrogen) atoms. The first-order chi connectivity index (χ1) is 12.8. The summed E-state index contributed by atoms with van der Waals surface area (Å²) in [6.07, 6.45) is 0. The van der Waals surface area contributed by atoms with Crippen molar-refractivity contribution in [2.45, 2.75) is 6.92 Å². The highest BCUT2D eigenvalue weighted by atomic mass is 16.3. The molecule has 0 aliphatic rings. The van der Waals surface area contributed by atoms with Crippen molar-refractivity contribution in [2.24, 2.45) is 0 Å². The highest BCUT2D eigenvalue weighted by Crippen LogP contribution is 2.34. The van der Waals surface area contributed by atoms with Gasteiger partial charge in [0.1, 0.15) is 11.2 Å². The van der Waals surface area contributed by atoms with Gasteiger partial charge in [0.25, 0.3) is 0 Å². The maximum Gasteiger partial charge on any atom is 0.136 e. The molecule has 0 aliphatic heterocycles. The molecular weight excluding hydrogens is 316 g/mol. The summed E-state index contributed by atoms with van der Waals surface area (Å²) in [6, 6.07) is 31.9. The number of aryl methyl sites for hydroxylation is 1. The molecule has 0 radical (unpaired) electrons. The Labute approximate surface area is 152 Å². The molecule has 0 amide bonds. The molecule has 0 aliphatic carbocycles. The second-order valence-electron chi connectivity index (χ2n) is 6.70. The second kappa shape index (κ2) is 5.89. The topological polar surface area (TPSA) is 13.1 Å². The molecule has 1 heteroatoms. The van der Waals surface area contributed by atoms with Gasteiger partial charge in [-0.05, 0) is 52.9 Å². The van der Waals surface area contributed by atoms with Gasteiger partial charge in [-0.2, -0.15) is 0 Å². The first kappa shape index (κ1) is 15.0. The van der Waals surface area contributed by atoms with Crippen LogP contribution in [-0.2, 0) is 0 Å². The summed E-state index contributed by atoms with van der Waals surface area (Å²) in [7, 11) is 0. The number of hydrogen-bond donors (Lipinski definition) is 0. The van der Waals surface area contributed by atoms with Crippen LogP contribution in [-0.4, -0.2) is 0 Å². The molecule has 0 bridgehead atoms. The largest absolute Gasteiger partial charge is 0.456 e. The molecule has 0 spiro atoms. The van der Waals surface area contributed by atoms with Gasteiger partial charge in [-0.1, -0.05) is 72.8 Å². The van der Waals surface area contributed by atoms with Gasteiger partial charge in [0.05, 0.1) is 0 Å². The number of benzene rings is 4. The maximum atomic E-state index is 6.05. The van der Waals surface area contributed by atoms with Crippen molar-refractivity contribution >= 4 is 21.9 Å². The van der Waals surface area contributed by atoms with Crippen LogP contribution < -0.4 is 0 Å². The maximum absolute atomic E-state index is 6.05. The van der Waals surface area contributed by atoms with Crippen LogP contribution in [0.15, 0.2) is 95.4 Å². The predicted molar refractivity (Wildman–Crippen MR) is 109 cm³/mol. The Balaban J connectivity index is 1.62. The SMILES string of the molecule is Cc1cc(-c2ccccc2)ccc1-c1ccc2c(c1)oc1ccccc12. The molecule has 5 aromatic rings. The summed E-state index contributed by atoms with van der Waals surface area (Å²) in [4.78, 5) is 0. The molecule has 1 aromatic heterocycles.